The fraction of sp³-hybridized carbons (Fsp3) is 0.174. The van der Waals surface area contributed by atoms with Crippen LogP contribution in [0.3, 0.4) is 0 Å². The maximum absolute atomic E-state index is 14.9. The van der Waals surface area contributed by atoms with E-state index in [0.29, 0.717) is 49.2 Å². The lowest BCUT2D eigenvalue weighted by atomic mass is 10.1. The minimum Gasteiger partial charge on any atom is -0.366 e. The van der Waals surface area contributed by atoms with E-state index in [1.807, 2.05) is 4.90 Å². The summed E-state index contributed by atoms with van der Waals surface area (Å²) in [6.45, 7) is 2.66. The van der Waals surface area contributed by atoms with Gasteiger partial charge in [-0.25, -0.2) is 18.7 Å². The molecule has 3 heterocycles. The number of nitrogens with one attached hydrogen (secondary N) is 2. The van der Waals surface area contributed by atoms with Crippen LogP contribution >= 0.6 is 0 Å². The second kappa shape index (κ2) is 8.26. The van der Waals surface area contributed by atoms with Crippen LogP contribution in [0.1, 0.15) is 5.56 Å². The maximum Gasteiger partial charge on any atom is 0.257 e. The molecule has 0 spiro atoms. The molecule has 5 rings (SSSR count). The molecule has 7 nitrogen and oxygen atoms in total. The number of fused-ring (bicyclic) bond motifs is 1. The first-order valence-electron chi connectivity index (χ1n) is 10.2. The highest BCUT2D eigenvalue weighted by atomic mass is 19.1. The zero-order chi connectivity index (χ0) is 22.1. The molecule has 0 unspecified atom stereocenters. The van der Waals surface area contributed by atoms with Gasteiger partial charge in [-0.05, 0) is 36.4 Å². The van der Waals surface area contributed by atoms with Gasteiger partial charge < -0.3 is 20.4 Å². The van der Waals surface area contributed by atoms with Gasteiger partial charge in [-0.3, -0.25) is 4.79 Å². The number of anilines is 4. The van der Waals surface area contributed by atoms with Gasteiger partial charge in [-0.15, -0.1) is 0 Å². The van der Waals surface area contributed by atoms with Crippen LogP contribution in [-0.2, 0) is 4.79 Å². The van der Waals surface area contributed by atoms with E-state index < -0.39 is 11.7 Å². The molecular formula is C23H20F2N6O. The van der Waals surface area contributed by atoms with Crippen LogP contribution < -0.4 is 20.4 Å². The number of hydrogen-bond acceptors (Lipinski definition) is 6. The van der Waals surface area contributed by atoms with Gasteiger partial charge in [0.25, 0.3) is 5.91 Å². The molecule has 0 saturated carbocycles. The van der Waals surface area contributed by atoms with Gasteiger partial charge in [0.15, 0.2) is 0 Å². The highest BCUT2D eigenvalue weighted by Gasteiger charge is 2.27. The van der Waals surface area contributed by atoms with E-state index in [1.165, 1.54) is 24.4 Å². The summed E-state index contributed by atoms with van der Waals surface area (Å²) in [6.07, 6.45) is 4.81. The van der Waals surface area contributed by atoms with Crippen molar-refractivity contribution in [1.82, 2.24) is 9.97 Å². The standard InChI is InChI=1S/C23H20F2N6O/c24-17-3-1-4-19-21(17)16(22(32)29-19)14-28-15-5-6-20(18(25)13-15)30-9-11-31(12-10-30)23-26-7-2-8-27-23/h1-8,13-14,28H,9-12H2,(H,29,32)/b16-14+. The largest absolute Gasteiger partial charge is 0.366 e. The molecule has 32 heavy (non-hydrogen) atoms. The number of nitrogens with zero attached hydrogens (tertiary/aromatic N) is 4. The Morgan fingerprint density at radius 2 is 1.69 bits per heavy atom. The van der Waals surface area contributed by atoms with Crippen molar-refractivity contribution in [1.29, 1.82) is 0 Å². The minimum atomic E-state index is -0.490. The lowest BCUT2D eigenvalue weighted by molar-refractivity contribution is -0.110. The van der Waals surface area contributed by atoms with Gasteiger partial charge in [0.1, 0.15) is 11.6 Å². The molecule has 0 radical (unpaired) electrons. The zero-order valence-corrected chi connectivity index (χ0v) is 17.1. The van der Waals surface area contributed by atoms with Gasteiger partial charge in [0, 0.05) is 56.0 Å². The molecule has 9 heteroatoms. The Hall–Kier alpha value is -4.01. The molecule has 2 aliphatic rings. The van der Waals surface area contributed by atoms with Crippen LogP contribution in [0.5, 0.6) is 0 Å². The van der Waals surface area contributed by atoms with Crippen molar-refractivity contribution in [2.75, 3.05) is 46.6 Å². The van der Waals surface area contributed by atoms with E-state index in [9.17, 15) is 13.6 Å². The minimum absolute atomic E-state index is 0.168. The van der Waals surface area contributed by atoms with E-state index in [4.69, 9.17) is 0 Å². The van der Waals surface area contributed by atoms with E-state index >= 15 is 0 Å². The summed E-state index contributed by atoms with van der Waals surface area (Å²) >= 11 is 0. The zero-order valence-electron chi connectivity index (χ0n) is 17.1. The topological polar surface area (TPSA) is 73.4 Å². The Morgan fingerprint density at radius 3 is 2.44 bits per heavy atom. The molecule has 162 valence electrons. The molecule has 2 aliphatic heterocycles. The quantitative estimate of drug-likeness (QED) is 0.613. The third kappa shape index (κ3) is 3.73. The SMILES string of the molecule is O=C1Nc2cccc(F)c2/C1=C\Nc1ccc(N2CCN(c3ncccn3)CC2)c(F)c1. The van der Waals surface area contributed by atoms with Crippen molar-refractivity contribution in [2.45, 2.75) is 0 Å². The Kier molecular flexibility index (Phi) is 5.14. The molecule has 1 amide bonds. The van der Waals surface area contributed by atoms with Gasteiger partial charge in [0.05, 0.1) is 16.9 Å². The fourth-order valence-electron chi connectivity index (χ4n) is 3.95. The summed E-state index contributed by atoms with van der Waals surface area (Å²) in [7, 11) is 0. The van der Waals surface area contributed by atoms with Crippen molar-refractivity contribution in [3.8, 4) is 0 Å². The molecule has 0 atom stereocenters. The lowest BCUT2D eigenvalue weighted by Gasteiger charge is -2.36. The van der Waals surface area contributed by atoms with E-state index in [2.05, 4.69) is 25.5 Å². The molecular weight excluding hydrogens is 414 g/mol. The summed E-state index contributed by atoms with van der Waals surface area (Å²) in [5.41, 5.74) is 1.77. The monoisotopic (exact) mass is 434 g/mol. The second-order valence-electron chi connectivity index (χ2n) is 7.51. The number of carbonyl (C=O) groups is 1. The highest BCUT2D eigenvalue weighted by Crippen LogP contribution is 2.34. The number of aromatic nitrogens is 2. The van der Waals surface area contributed by atoms with Crippen LogP contribution in [0.15, 0.2) is 61.1 Å². The summed E-state index contributed by atoms with van der Waals surface area (Å²) in [5.74, 6) is -0.597. The molecule has 2 aromatic carbocycles. The number of halogens is 2. The predicted molar refractivity (Wildman–Crippen MR) is 119 cm³/mol. The van der Waals surface area contributed by atoms with Crippen molar-refractivity contribution >= 4 is 34.5 Å². The first kappa shape index (κ1) is 19.9. The Morgan fingerprint density at radius 1 is 0.938 bits per heavy atom. The molecule has 1 saturated heterocycles. The van der Waals surface area contributed by atoms with Crippen LogP contribution in [0.2, 0.25) is 0 Å². The first-order chi connectivity index (χ1) is 15.6. The molecule has 0 bridgehead atoms. The Balaban J connectivity index is 1.28. The smallest absolute Gasteiger partial charge is 0.257 e. The maximum atomic E-state index is 14.9. The lowest BCUT2D eigenvalue weighted by Crippen LogP contribution is -2.47. The second-order valence-corrected chi connectivity index (χ2v) is 7.51. The molecule has 3 aromatic rings. The third-order valence-electron chi connectivity index (χ3n) is 5.56. The van der Waals surface area contributed by atoms with Crippen LogP contribution in [-0.4, -0.2) is 42.1 Å². The summed E-state index contributed by atoms with van der Waals surface area (Å²) < 4.78 is 29.0. The van der Waals surface area contributed by atoms with Crippen molar-refractivity contribution in [2.24, 2.45) is 0 Å². The van der Waals surface area contributed by atoms with E-state index in [1.54, 1.807) is 36.7 Å². The number of piperazine rings is 1. The Labute approximate surface area is 183 Å². The molecule has 0 aliphatic carbocycles. The Bertz CT molecular complexity index is 1190. The number of amides is 1. The number of rotatable bonds is 4. The van der Waals surface area contributed by atoms with Crippen LogP contribution in [0.25, 0.3) is 5.57 Å². The number of carbonyl (C=O) groups excluding carboxylic acids is 1. The van der Waals surface area contributed by atoms with Crippen molar-refractivity contribution < 1.29 is 13.6 Å². The average molecular weight is 434 g/mol. The molecule has 1 aromatic heterocycles. The summed E-state index contributed by atoms with van der Waals surface area (Å²) in [4.78, 5) is 24.8. The van der Waals surface area contributed by atoms with Crippen molar-refractivity contribution in [3.05, 3.63) is 78.3 Å². The average Bonchev–Trinajstić information content (AvgIpc) is 3.15. The number of hydrogen-bond donors (Lipinski definition) is 2. The first-order valence-corrected chi connectivity index (χ1v) is 10.2. The van der Waals surface area contributed by atoms with Crippen LogP contribution in [0.4, 0.5) is 31.8 Å². The predicted octanol–water partition coefficient (Wildman–Crippen LogP) is 3.49. The fourth-order valence-corrected chi connectivity index (χ4v) is 3.95. The molecule has 2 N–H and O–H groups in total. The van der Waals surface area contributed by atoms with Gasteiger partial charge in [0.2, 0.25) is 5.95 Å². The van der Waals surface area contributed by atoms with Gasteiger partial charge in [-0.2, -0.15) is 0 Å². The molecule has 1 fully saturated rings. The summed E-state index contributed by atoms with van der Waals surface area (Å²) in [6, 6.07) is 11.0. The number of benzene rings is 2. The van der Waals surface area contributed by atoms with Crippen LogP contribution in [0, 0.1) is 11.6 Å². The third-order valence-corrected chi connectivity index (χ3v) is 5.56. The van der Waals surface area contributed by atoms with E-state index in [-0.39, 0.29) is 17.0 Å². The van der Waals surface area contributed by atoms with E-state index in [0.717, 1.165) is 0 Å². The summed E-state index contributed by atoms with van der Waals surface area (Å²) in [5, 5.41) is 5.53. The normalized spacial score (nSPS) is 16.8. The van der Waals surface area contributed by atoms with Gasteiger partial charge >= 0.3 is 0 Å². The highest BCUT2D eigenvalue weighted by molar-refractivity contribution is 6.31. The van der Waals surface area contributed by atoms with Crippen molar-refractivity contribution in [3.63, 3.8) is 0 Å². The van der Waals surface area contributed by atoms with Gasteiger partial charge in [-0.1, -0.05) is 6.07 Å².